The van der Waals surface area contributed by atoms with Crippen molar-refractivity contribution in [1.29, 1.82) is 0 Å². The van der Waals surface area contributed by atoms with Crippen LogP contribution in [0.3, 0.4) is 0 Å². The Morgan fingerprint density at radius 2 is 1.87 bits per heavy atom. The highest BCUT2D eigenvalue weighted by molar-refractivity contribution is 7.09. The number of alkyl halides is 2. The Hall–Kier alpha value is -2.55. The van der Waals surface area contributed by atoms with E-state index in [0.29, 0.717) is 26.1 Å². The van der Waals surface area contributed by atoms with Crippen LogP contribution in [0.15, 0.2) is 35.8 Å². The molecule has 1 aromatic carbocycles. The molecule has 0 aliphatic carbocycles. The highest BCUT2D eigenvalue weighted by Gasteiger charge is 2.35. The average molecular weight is 450 g/mol. The standard InChI is InChI=1S/C22H25F2N3O3S/c23-22(24)30-18-8-2-1-7-17(18)21(29)27-11-4-6-16(14-27)20(28)26-10-3-5-15(13-26)19-25-9-12-31-19/h1-2,7-9,12,15-16,22H,3-6,10-11,13-14H2. The Kier molecular flexibility index (Phi) is 6.80. The van der Waals surface area contributed by atoms with E-state index in [2.05, 4.69) is 9.72 Å². The quantitative estimate of drug-likeness (QED) is 0.692. The molecule has 166 valence electrons. The summed E-state index contributed by atoms with van der Waals surface area (Å²) in [5.41, 5.74) is 0.0951. The average Bonchev–Trinajstić information content (AvgIpc) is 3.33. The maximum atomic E-state index is 13.2. The van der Waals surface area contributed by atoms with E-state index < -0.39 is 6.61 Å². The van der Waals surface area contributed by atoms with Crippen molar-refractivity contribution in [3.8, 4) is 5.75 Å². The molecule has 1 aromatic heterocycles. The molecule has 4 rings (SSSR count). The Morgan fingerprint density at radius 3 is 2.65 bits per heavy atom. The predicted molar refractivity (Wildman–Crippen MR) is 112 cm³/mol. The molecule has 2 unspecified atom stereocenters. The number of carbonyl (C=O) groups is 2. The van der Waals surface area contributed by atoms with Crippen LogP contribution in [0.25, 0.3) is 0 Å². The fraction of sp³-hybridized carbons (Fsp3) is 0.500. The molecule has 2 aromatic rings. The Labute approximate surface area is 183 Å². The Bertz CT molecular complexity index is 909. The number of likely N-dealkylation sites (tertiary alicyclic amines) is 2. The summed E-state index contributed by atoms with van der Waals surface area (Å²) in [6, 6.07) is 6.00. The lowest BCUT2D eigenvalue weighted by Crippen LogP contribution is -2.49. The van der Waals surface area contributed by atoms with Gasteiger partial charge in [-0.2, -0.15) is 8.78 Å². The second-order valence-corrected chi connectivity index (χ2v) is 8.88. The van der Waals surface area contributed by atoms with Crippen LogP contribution < -0.4 is 4.74 Å². The van der Waals surface area contributed by atoms with Gasteiger partial charge >= 0.3 is 6.61 Å². The van der Waals surface area contributed by atoms with Crippen LogP contribution >= 0.6 is 11.3 Å². The van der Waals surface area contributed by atoms with Crippen molar-refractivity contribution in [3.05, 3.63) is 46.4 Å². The van der Waals surface area contributed by atoms with Crippen molar-refractivity contribution in [2.75, 3.05) is 26.2 Å². The third kappa shape index (κ3) is 5.03. The molecule has 2 fully saturated rings. The van der Waals surface area contributed by atoms with Crippen LogP contribution in [0.5, 0.6) is 5.75 Å². The summed E-state index contributed by atoms with van der Waals surface area (Å²) in [6.45, 7) is -0.848. The summed E-state index contributed by atoms with van der Waals surface area (Å²) >= 11 is 1.62. The smallest absolute Gasteiger partial charge is 0.387 e. The number of hydrogen-bond donors (Lipinski definition) is 0. The van der Waals surface area contributed by atoms with E-state index in [1.54, 1.807) is 34.6 Å². The van der Waals surface area contributed by atoms with Gasteiger partial charge in [0.15, 0.2) is 0 Å². The number of hydrogen-bond acceptors (Lipinski definition) is 5. The molecule has 0 radical (unpaired) electrons. The van der Waals surface area contributed by atoms with Gasteiger partial charge in [-0.05, 0) is 37.8 Å². The predicted octanol–water partition coefficient (Wildman–Crippen LogP) is 4.00. The first-order valence-corrected chi connectivity index (χ1v) is 11.4. The van der Waals surface area contributed by atoms with Gasteiger partial charge in [0, 0.05) is 43.7 Å². The molecule has 6 nitrogen and oxygen atoms in total. The summed E-state index contributed by atoms with van der Waals surface area (Å²) in [4.78, 5) is 34.2. The van der Waals surface area contributed by atoms with Gasteiger partial charge in [0.2, 0.25) is 5.91 Å². The number of piperidine rings is 2. The van der Waals surface area contributed by atoms with E-state index in [1.807, 2.05) is 10.3 Å². The van der Waals surface area contributed by atoms with E-state index in [4.69, 9.17) is 0 Å². The molecule has 2 aliphatic rings. The first-order valence-electron chi connectivity index (χ1n) is 10.5. The van der Waals surface area contributed by atoms with Crippen LogP contribution in [-0.4, -0.2) is 59.4 Å². The fourth-order valence-corrected chi connectivity index (χ4v) is 5.22. The number of rotatable bonds is 5. The normalized spacial score (nSPS) is 21.9. The van der Waals surface area contributed by atoms with Crippen LogP contribution in [0.4, 0.5) is 8.78 Å². The summed E-state index contributed by atoms with van der Waals surface area (Å²) < 4.78 is 29.9. The lowest BCUT2D eigenvalue weighted by Gasteiger charge is -2.38. The van der Waals surface area contributed by atoms with Gasteiger partial charge in [-0.15, -0.1) is 11.3 Å². The zero-order valence-corrected chi connectivity index (χ0v) is 17.9. The SMILES string of the molecule is O=C(c1ccccc1OC(F)F)N1CCCC(C(=O)N2CCCC(c3nccs3)C2)C1. The molecule has 31 heavy (non-hydrogen) atoms. The molecule has 3 heterocycles. The van der Waals surface area contributed by atoms with Crippen LogP contribution in [-0.2, 0) is 4.79 Å². The summed E-state index contributed by atoms with van der Waals surface area (Å²) in [7, 11) is 0. The Balaban J connectivity index is 1.42. The number of nitrogens with zero attached hydrogens (tertiary/aromatic N) is 3. The first kappa shape index (κ1) is 21.7. The van der Waals surface area contributed by atoms with E-state index in [0.717, 1.165) is 30.8 Å². The second-order valence-electron chi connectivity index (χ2n) is 7.96. The van der Waals surface area contributed by atoms with Gasteiger partial charge in [-0.3, -0.25) is 9.59 Å². The zero-order valence-electron chi connectivity index (χ0n) is 17.1. The molecule has 0 saturated carbocycles. The number of halogens is 2. The van der Waals surface area contributed by atoms with E-state index >= 15 is 0 Å². The fourth-order valence-electron chi connectivity index (χ4n) is 4.45. The summed E-state index contributed by atoms with van der Waals surface area (Å²) in [5.74, 6) is -0.476. The summed E-state index contributed by atoms with van der Waals surface area (Å²) in [5, 5.41) is 3.02. The molecule has 9 heteroatoms. The lowest BCUT2D eigenvalue weighted by atomic mass is 9.93. The minimum absolute atomic E-state index is 0.0656. The van der Waals surface area contributed by atoms with Crippen molar-refractivity contribution in [1.82, 2.24) is 14.8 Å². The molecule has 2 atom stereocenters. The number of benzene rings is 1. The van der Waals surface area contributed by atoms with Crippen molar-refractivity contribution >= 4 is 23.2 Å². The van der Waals surface area contributed by atoms with Crippen molar-refractivity contribution < 1.29 is 23.1 Å². The molecule has 0 spiro atoms. The third-order valence-corrected chi connectivity index (χ3v) is 6.86. The minimum Gasteiger partial charge on any atom is -0.434 e. The molecular formula is C22H25F2N3O3S. The van der Waals surface area contributed by atoms with Crippen molar-refractivity contribution in [2.24, 2.45) is 5.92 Å². The highest BCUT2D eigenvalue weighted by atomic mass is 32.1. The number of amides is 2. The monoisotopic (exact) mass is 449 g/mol. The van der Waals surface area contributed by atoms with Crippen molar-refractivity contribution in [2.45, 2.75) is 38.2 Å². The van der Waals surface area contributed by atoms with E-state index in [1.165, 1.54) is 12.1 Å². The van der Waals surface area contributed by atoms with Crippen LogP contribution in [0.2, 0.25) is 0 Å². The molecule has 2 amide bonds. The summed E-state index contributed by atoms with van der Waals surface area (Å²) in [6.07, 6.45) is 5.16. The lowest BCUT2D eigenvalue weighted by molar-refractivity contribution is -0.138. The highest BCUT2D eigenvalue weighted by Crippen LogP contribution is 2.31. The number of aromatic nitrogens is 1. The van der Waals surface area contributed by atoms with Gasteiger partial charge in [0.1, 0.15) is 5.75 Å². The number of thiazole rings is 1. The molecular weight excluding hydrogens is 424 g/mol. The molecule has 2 saturated heterocycles. The largest absolute Gasteiger partial charge is 0.434 e. The van der Waals surface area contributed by atoms with Gasteiger partial charge in [-0.1, -0.05) is 12.1 Å². The minimum atomic E-state index is -3.01. The van der Waals surface area contributed by atoms with E-state index in [9.17, 15) is 18.4 Å². The van der Waals surface area contributed by atoms with E-state index in [-0.39, 0.29) is 35.0 Å². The molecule has 0 N–H and O–H groups in total. The number of para-hydroxylation sites is 1. The second kappa shape index (κ2) is 9.72. The maximum absolute atomic E-state index is 13.2. The van der Waals surface area contributed by atoms with Gasteiger partial charge in [-0.25, -0.2) is 4.98 Å². The van der Waals surface area contributed by atoms with Crippen LogP contribution in [0, 0.1) is 5.92 Å². The van der Waals surface area contributed by atoms with Gasteiger partial charge in [0.05, 0.1) is 16.5 Å². The first-order chi connectivity index (χ1) is 15.0. The molecule has 0 bridgehead atoms. The third-order valence-electron chi connectivity index (χ3n) is 5.93. The Morgan fingerprint density at radius 1 is 1.10 bits per heavy atom. The van der Waals surface area contributed by atoms with Gasteiger partial charge in [0.25, 0.3) is 5.91 Å². The number of carbonyl (C=O) groups excluding carboxylic acids is 2. The zero-order chi connectivity index (χ0) is 21.8. The van der Waals surface area contributed by atoms with Crippen molar-refractivity contribution in [3.63, 3.8) is 0 Å². The van der Waals surface area contributed by atoms with Gasteiger partial charge < -0.3 is 14.5 Å². The topological polar surface area (TPSA) is 62.7 Å². The number of ether oxygens (including phenoxy) is 1. The maximum Gasteiger partial charge on any atom is 0.387 e. The van der Waals surface area contributed by atoms with Crippen LogP contribution in [0.1, 0.15) is 47.0 Å². The molecule has 2 aliphatic heterocycles.